The van der Waals surface area contributed by atoms with Crippen LogP contribution < -0.4 is 10.2 Å². The van der Waals surface area contributed by atoms with Gasteiger partial charge in [0.05, 0.1) is 31.1 Å². The molecule has 1 amide bonds. The minimum absolute atomic E-state index is 0.00595. The number of hydrogen-bond acceptors (Lipinski definition) is 10. The molecule has 0 atom stereocenters. The first-order chi connectivity index (χ1) is 24.4. The second-order valence-electron chi connectivity index (χ2n) is 13.7. The van der Waals surface area contributed by atoms with Gasteiger partial charge >= 0.3 is 12.1 Å². The molecule has 15 heteroatoms. The molecule has 4 heterocycles. The van der Waals surface area contributed by atoms with E-state index in [4.69, 9.17) is 14.5 Å². The van der Waals surface area contributed by atoms with Crippen LogP contribution in [-0.4, -0.2) is 89.2 Å². The number of esters is 1. The van der Waals surface area contributed by atoms with E-state index in [9.17, 15) is 22.8 Å². The zero-order valence-corrected chi connectivity index (χ0v) is 29.3. The van der Waals surface area contributed by atoms with Gasteiger partial charge in [-0.3, -0.25) is 24.8 Å². The highest BCUT2D eigenvalue weighted by Crippen LogP contribution is 2.43. The number of aromatic amines is 1. The number of carbonyl (C=O) groups excluding carboxylic acids is 2. The lowest BCUT2D eigenvalue weighted by atomic mass is 9.86. The van der Waals surface area contributed by atoms with Crippen molar-refractivity contribution in [3.05, 3.63) is 59.2 Å². The summed E-state index contributed by atoms with van der Waals surface area (Å²) in [6.45, 7) is 3.83. The molecular formula is C36H43F3N8O4. The summed E-state index contributed by atoms with van der Waals surface area (Å²) in [4.78, 5) is 49.6. The van der Waals surface area contributed by atoms with Crippen LogP contribution in [0.2, 0.25) is 0 Å². The molecule has 4 aromatic heterocycles. The summed E-state index contributed by atoms with van der Waals surface area (Å²) >= 11 is 0. The van der Waals surface area contributed by atoms with Crippen LogP contribution in [0, 0.1) is 5.41 Å². The molecule has 0 spiro atoms. The topological polar surface area (TPSA) is 138 Å². The molecule has 272 valence electrons. The normalized spacial score (nSPS) is 15.8. The summed E-state index contributed by atoms with van der Waals surface area (Å²) in [5, 5.41) is 2.76. The van der Waals surface area contributed by atoms with E-state index in [1.807, 2.05) is 7.05 Å². The molecule has 2 saturated carbocycles. The molecule has 2 N–H and O–H groups in total. The number of fused-ring (bicyclic) bond motifs is 1. The number of hydrogen-bond donors (Lipinski definition) is 2. The average Bonchev–Trinajstić information content (AvgIpc) is 3.71. The second kappa shape index (κ2) is 14.9. The van der Waals surface area contributed by atoms with Crippen LogP contribution in [-0.2, 0) is 27.0 Å². The van der Waals surface area contributed by atoms with Crippen molar-refractivity contribution >= 4 is 34.7 Å². The summed E-state index contributed by atoms with van der Waals surface area (Å²) in [5.41, 5.74) is 2.38. The van der Waals surface area contributed by atoms with E-state index in [-0.39, 0.29) is 41.1 Å². The minimum Gasteiger partial charge on any atom is -0.465 e. The van der Waals surface area contributed by atoms with Gasteiger partial charge in [-0.1, -0.05) is 18.9 Å². The van der Waals surface area contributed by atoms with Gasteiger partial charge < -0.3 is 19.4 Å². The number of carbonyl (C=O) groups is 2. The van der Waals surface area contributed by atoms with E-state index in [0.29, 0.717) is 54.5 Å². The number of halogens is 3. The first-order valence-corrected chi connectivity index (χ1v) is 17.2. The summed E-state index contributed by atoms with van der Waals surface area (Å²) in [6.07, 6.45) is 2.71. The largest absolute Gasteiger partial charge is 0.465 e. The Kier molecular flexibility index (Phi) is 10.6. The number of aromatic nitrogens is 5. The van der Waals surface area contributed by atoms with Crippen LogP contribution in [0.3, 0.4) is 0 Å². The molecule has 4 aromatic rings. The number of pyridine rings is 3. The Hall–Kier alpha value is -4.63. The maximum atomic E-state index is 14.0. The van der Waals surface area contributed by atoms with Gasteiger partial charge in [0.25, 0.3) is 5.91 Å². The van der Waals surface area contributed by atoms with E-state index >= 15 is 0 Å². The number of nitrogens with zero attached hydrogens (tertiary/aromatic N) is 6. The number of methoxy groups -OCH3 is 1. The SMILES string of the molecule is CCOC(=O)CN(C)Cc1ccc(C(=O)Nc2nc3nc(-c4cc(C5CC5)nc(C(F)(F)F)c4)cc(N(C)CC4(COC)CCCC4)c3[nH]2)nc1. The molecule has 0 unspecified atom stereocenters. The van der Waals surface area contributed by atoms with Crippen LogP contribution in [0.5, 0.6) is 0 Å². The Morgan fingerprint density at radius 1 is 1.08 bits per heavy atom. The lowest BCUT2D eigenvalue weighted by Gasteiger charge is -2.34. The minimum atomic E-state index is -4.62. The molecule has 51 heavy (non-hydrogen) atoms. The Morgan fingerprint density at radius 3 is 2.49 bits per heavy atom. The number of anilines is 2. The van der Waals surface area contributed by atoms with Crippen molar-refractivity contribution in [2.24, 2.45) is 5.41 Å². The smallest absolute Gasteiger partial charge is 0.433 e. The lowest BCUT2D eigenvalue weighted by molar-refractivity contribution is -0.144. The Balaban J connectivity index is 1.30. The van der Waals surface area contributed by atoms with Crippen LogP contribution in [0.4, 0.5) is 24.8 Å². The quantitative estimate of drug-likeness (QED) is 0.146. The fourth-order valence-electron chi connectivity index (χ4n) is 6.90. The summed E-state index contributed by atoms with van der Waals surface area (Å²) in [7, 11) is 5.41. The fourth-order valence-corrected chi connectivity index (χ4v) is 6.90. The molecule has 6 rings (SSSR count). The van der Waals surface area contributed by atoms with Gasteiger partial charge in [-0.15, -0.1) is 0 Å². The van der Waals surface area contributed by atoms with E-state index in [0.717, 1.165) is 50.2 Å². The van der Waals surface area contributed by atoms with Crippen molar-refractivity contribution in [2.45, 2.75) is 64.1 Å². The highest BCUT2D eigenvalue weighted by molar-refractivity contribution is 6.03. The van der Waals surface area contributed by atoms with Gasteiger partial charge in [0, 0.05) is 56.0 Å². The number of nitrogens with one attached hydrogen (secondary N) is 2. The van der Waals surface area contributed by atoms with Crippen LogP contribution >= 0.6 is 0 Å². The number of rotatable bonds is 14. The number of amides is 1. The summed E-state index contributed by atoms with van der Waals surface area (Å²) in [5.74, 6) is -0.730. The fraction of sp³-hybridized carbons (Fsp3) is 0.500. The number of likely N-dealkylation sites (N-methyl/N-ethyl adjacent to an activating group) is 1. The highest BCUT2D eigenvalue weighted by atomic mass is 19.4. The molecule has 12 nitrogen and oxygen atoms in total. The molecule has 0 saturated heterocycles. The van der Waals surface area contributed by atoms with Gasteiger partial charge in [-0.25, -0.2) is 9.97 Å². The molecule has 0 aliphatic heterocycles. The Bertz CT molecular complexity index is 1870. The number of alkyl halides is 3. The average molecular weight is 709 g/mol. The van der Waals surface area contributed by atoms with Gasteiger partial charge in [0.2, 0.25) is 5.95 Å². The first-order valence-electron chi connectivity index (χ1n) is 17.2. The van der Waals surface area contributed by atoms with Crippen molar-refractivity contribution < 1.29 is 32.2 Å². The standard InChI is InChI=1S/C36H43F3N8O4/c1-5-51-30(48)19-46(2)18-22-8-11-25(40-17-22)33(49)45-34-43-31-28(47(3)20-35(21-50-4)12-6-7-13-35)16-27(42-32(31)44-34)24-14-26(23-9-10-23)41-29(15-24)36(37,38)39/h8,11,14-17,23H,5-7,9-10,12-13,18-21H2,1-4H3,(H2,42,43,44,45,49). The van der Waals surface area contributed by atoms with Crippen molar-refractivity contribution in [1.29, 1.82) is 0 Å². The van der Waals surface area contributed by atoms with Crippen molar-refractivity contribution in [3.63, 3.8) is 0 Å². The third-order valence-electron chi connectivity index (χ3n) is 9.41. The van der Waals surface area contributed by atoms with Crippen LogP contribution in [0.1, 0.15) is 78.8 Å². The maximum Gasteiger partial charge on any atom is 0.433 e. The molecule has 2 fully saturated rings. The van der Waals surface area contributed by atoms with Crippen molar-refractivity contribution in [2.75, 3.05) is 57.7 Å². The Labute approximate surface area is 294 Å². The van der Waals surface area contributed by atoms with E-state index in [2.05, 4.69) is 30.2 Å². The first kappa shape index (κ1) is 36.2. The van der Waals surface area contributed by atoms with E-state index in [1.54, 1.807) is 56.4 Å². The van der Waals surface area contributed by atoms with Gasteiger partial charge in [0.1, 0.15) is 16.9 Å². The van der Waals surface area contributed by atoms with E-state index < -0.39 is 17.8 Å². The molecule has 2 aliphatic rings. The zero-order valence-electron chi connectivity index (χ0n) is 29.3. The molecular weight excluding hydrogens is 665 g/mol. The second-order valence-corrected chi connectivity index (χ2v) is 13.7. The number of ether oxygens (including phenoxy) is 2. The predicted molar refractivity (Wildman–Crippen MR) is 185 cm³/mol. The van der Waals surface area contributed by atoms with Crippen LogP contribution in [0.15, 0.2) is 36.5 Å². The van der Waals surface area contributed by atoms with Gasteiger partial charge in [0.15, 0.2) is 5.65 Å². The Morgan fingerprint density at radius 2 is 1.84 bits per heavy atom. The van der Waals surface area contributed by atoms with Crippen molar-refractivity contribution in [1.82, 2.24) is 29.8 Å². The van der Waals surface area contributed by atoms with Gasteiger partial charge in [-0.05, 0) is 69.5 Å². The molecule has 2 aliphatic carbocycles. The molecule has 0 bridgehead atoms. The van der Waals surface area contributed by atoms with Crippen molar-refractivity contribution in [3.8, 4) is 11.3 Å². The number of imidazole rings is 1. The van der Waals surface area contributed by atoms with E-state index in [1.165, 1.54) is 0 Å². The number of H-pyrrole nitrogens is 1. The maximum absolute atomic E-state index is 14.0. The highest BCUT2D eigenvalue weighted by Gasteiger charge is 2.37. The molecule has 0 aromatic carbocycles. The predicted octanol–water partition coefficient (Wildman–Crippen LogP) is 6.20. The zero-order chi connectivity index (χ0) is 36.3. The summed E-state index contributed by atoms with van der Waals surface area (Å²) < 4.78 is 52.6. The third-order valence-corrected chi connectivity index (χ3v) is 9.41. The van der Waals surface area contributed by atoms with Crippen LogP contribution in [0.25, 0.3) is 22.4 Å². The third kappa shape index (κ3) is 8.64. The summed E-state index contributed by atoms with van der Waals surface area (Å²) in [6, 6.07) is 7.83. The monoisotopic (exact) mass is 708 g/mol. The van der Waals surface area contributed by atoms with Gasteiger partial charge in [-0.2, -0.15) is 18.2 Å². The lowest BCUT2D eigenvalue weighted by Crippen LogP contribution is -2.37. The molecule has 0 radical (unpaired) electrons.